The molecule has 0 radical (unpaired) electrons. The molecule has 84 valence electrons. The summed E-state index contributed by atoms with van der Waals surface area (Å²) in [5.41, 5.74) is 0. The van der Waals surface area contributed by atoms with Gasteiger partial charge in [-0.2, -0.15) is 0 Å². The standard InChI is InChI=1S/C14H22O/c1-2-10-3-5-11(6-4-10)12-7-8-13-14(9-12)15-13/h2,10-14H,1,3-9H2. The minimum absolute atomic E-state index is 0.667. The molecular formula is C14H22O. The maximum Gasteiger partial charge on any atom is 0.0844 e. The molecule has 1 aliphatic heterocycles. The molecule has 3 fully saturated rings. The second kappa shape index (κ2) is 3.93. The van der Waals surface area contributed by atoms with Crippen LogP contribution in [0.4, 0.5) is 0 Å². The van der Waals surface area contributed by atoms with Crippen LogP contribution in [0.25, 0.3) is 0 Å². The molecule has 15 heavy (non-hydrogen) atoms. The first-order chi connectivity index (χ1) is 7.36. The van der Waals surface area contributed by atoms with Crippen LogP contribution in [0, 0.1) is 17.8 Å². The zero-order valence-electron chi connectivity index (χ0n) is 9.53. The van der Waals surface area contributed by atoms with Gasteiger partial charge in [-0.25, -0.2) is 0 Å². The fraction of sp³-hybridized carbons (Fsp3) is 0.857. The number of ether oxygens (including phenoxy) is 1. The van der Waals surface area contributed by atoms with Gasteiger partial charge in [-0.15, -0.1) is 6.58 Å². The Labute approximate surface area is 92.9 Å². The summed E-state index contributed by atoms with van der Waals surface area (Å²) < 4.78 is 5.62. The minimum atomic E-state index is 0.667. The van der Waals surface area contributed by atoms with Gasteiger partial charge in [0.1, 0.15) is 0 Å². The molecule has 0 aromatic heterocycles. The van der Waals surface area contributed by atoms with Gasteiger partial charge < -0.3 is 4.74 Å². The summed E-state index contributed by atoms with van der Waals surface area (Å²) in [4.78, 5) is 0. The fourth-order valence-corrected chi connectivity index (χ4v) is 3.72. The lowest BCUT2D eigenvalue weighted by molar-refractivity contribution is 0.188. The summed E-state index contributed by atoms with van der Waals surface area (Å²) in [5, 5.41) is 0. The Hall–Kier alpha value is -0.300. The third kappa shape index (κ3) is 1.99. The zero-order valence-corrected chi connectivity index (χ0v) is 9.53. The van der Waals surface area contributed by atoms with Gasteiger partial charge in [0.15, 0.2) is 0 Å². The molecule has 1 heterocycles. The van der Waals surface area contributed by atoms with Crippen molar-refractivity contribution < 1.29 is 4.74 Å². The van der Waals surface area contributed by atoms with Crippen molar-refractivity contribution in [2.75, 3.05) is 0 Å². The predicted octanol–water partition coefficient (Wildman–Crippen LogP) is 3.55. The molecule has 2 aliphatic carbocycles. The van der Waals surface area contributed by atoms with Crippen molar-refractivity contribution in [3.05, 3.63) is 12.7 Å². The number of hydrogen-bond acceptors (Lipinski definition) is 1. The van der Waals surface area contributed by atoms with Crippen LogP contribution >= 0.6 is 0 Å². The SMILES string of the molecule is C=CC1CCC(C2CCC3OC3C2)CC1. The third-order valence-electron chi connectivity index (χ3n) is 4.86. The van der Waals surface area contributed by atoms with Crippen molar-refractivity contribution in [1.82, 2.24) is 0 Å². The average Bonchev–Trinajstić information content (AvgIpc) is 3.07. The highest BCUT2D eigenvalue weighted by atomic mass is 16.6. The second-order valence-corrected chi connectivity index (χ2v) is 5.70. The maximum absolute atomic E-state index is 5.62. The Kier molecular flexibility index (Phi) is 2.59. The third-order valence-corrected chi connectivity index (χ3v) is 4.86. The smallest absolute Gasteiger partial charge is 0.0844 e. The van der Waals surface area contributed by atoms with E-state index in [2.05, 4.69) is 12.7 Å². The summed E-state index contributed by atoms with van der Waals surface area (Å²) in [6.07, 6.45) is 13.3. The van der Waals surface area contributed by atoms with E-state index in [1.165, 1.54) is 44.9 Å². The molecule has 1 saturated heterocycles. The van der Waals surface area contributed by atoms with Crippen molar-refractivity contribution >= 4 is 0 Å². The van der Waals surface area contributed by atoms with Crippen molar-refractivity contribution in [1.29, 1.82) is 0 Å². The van der Waals surface area contributed by atoms with Crippen molar-refractivity contribution in [3.8, 4) is 0 Å². The summed E-state index contributed by atoms with van der Waals surface area (Å²) in [6, 6.07) is 0. The van der Waals surface area contributed by atoms with Crippen molar-refractivity contribution in [2.45, 2.75) is 57.2 Å². The summed E-state index contributed by atoms with van der Waals surface area (Å²) >= 11 is 0. The lowest BCUT2D eigenvalue weighted by Gasteiger charge is -2.34. The van der Waals surface area contributed by atoms with E-state index in [0.29, 0.717) is 12.2 Å². The van der Waals surface area contributed by atoms with E-state index in [1.807, 2.05) is 0 Å². The molecular weight excluding hydrogens is 184 g/mol. The van der Waals surface area contributed by atoms with Gasteiger partial charge in [-0.3, -0.25) is 0 Å². The monoisotopic (exact) mass is 206 g/mol. The molecule has 0 N–H and O–H groups in total. The van der Waals surface area contributed by atoms with Crippen LogP contribution < -0.4 is 0 Å². The molecule has 0 spiro atoms. The topological polar surface area (TPSA) is 12.5 Å². The number of hydrogen-bond donors (Lipinski definition) is 0. The van der Waals surface area contributed by atoms with Crippen LogP contribution in [-0.2, 0) is 4.74 Å². The Morgan fingerprint density at radius 2 is 1.60 bits per heavy atom. The van der Waals surface area contributed by atoms with Crippen LogP contribution in [0.5, 0.6) is 0 Å². The van der Waals surface area contributed by atoms with E-state index in [9.17, 15) is 0 Å². The van der Waals surface area contributed by atoms with E-state index in [0.717, 1.165) is 17.8 Å². The highest BCUT2D eigenvalue weighted by molar-refractivity contribution is 4.95. The van der Waals surface area contributed by atoms with Crippen LogP contribution in [0.1, 0.15) is 44.9 Å². The summed E-state index contributed by atoms with van der Waals surface area (Å²) in [7, 11) is 0. The normalized spacial score (nSPS) is 49.5. The second-order valence-electron chi connectivity index (χ2n) is 5.70. The van der Waals surface area contributed by atoms with Crippen LogP contribution in [0.2, 0.25) is 0 Å². The quantitative estimate of drug-likeness (QED) is 0.497. The van der Waals surface area contributed by atoms with Gasteiger partial charge in [-0.1, -0.05) is 6.08 Å². The van der Waals surface area contributed by atoms with E-state index >= 15 is 0 Å². The fourth-order valence-electron chi connectivity index (χ4n) is 3.72. The first-order valence-corrected chi connectivity index (χ1v) is 6.65. The number of fused-ring (bicyclic) bond motifs is 1. The van der Waals surface area contributed by atoms with Crippen LogP contribution in [-0.4, -0.2) is 12.2 Å². The van der Waals surface area contributed by atoms with Gasteiger partial charge in [0.05, 0.1) is 12.2 Å². The van der Waals surface area contributed by atoms with Gasteiger partial charge in [0.2, 0.25) is 0 Å². The number of allylic oxidation sites excluding steroid dienone is 1. The molecule has 0 bridgehead atoms. The Morgan fingerprint density at radius 1 is 0.867 bits per heavy atom. The van der Waals surface area contributed by atoms with E-state index in [4.69, 9.17) is 4.74 Å². The number of epoxide rings is 1. The lowest BCUT2D eigenvalue weighted by Crippen LogP contribution is -2.25. The molecule has 0 aromatic carbocycles. The lowest BCUT2D eigenvalue weighted by atomic mass is 9.71. The minimum Gasteiger partial charge on any atom is -0.370 e. The summed E-state index contributed by atoms with van der Waals surface area (Å²) in [5.74, 6) is 2.81. The Bertz CT molecular complexity index is 240. The van der Waals surface area contributed by atoms with Crippen LogP contribution in [0.15, 0.2) is 12.7 Å². The highest BCUT2D eigenvalue weighted by Gasteiger charge is 2.45. The van der Waals surface area contributed by atoms with Crippen LogP contribution in [0.3, 0.4) is 0 Å². The molecule has 3 atom stereocenters. The van der Waals surface area contributed by atoms with Gasteiger partial charge >= 0.3 is 0 Å². The van der Waals surface area contributed by atoms with Gasteiger partial charge in [-0.05, 0) is 62.7 Å². The van der Waals surface area contributed by atoms with Crippen molar-refractivity contribution in [2.24, 2.45) is 17.8 Å². The highest BCUT2D eigenvalue weighted by Crippen LogP contribution is 2.46. The number of rotatable bonds is 2. The summed E-state index contributed by atoms with van der Waals surface area (Å²) in [6.45, 7) is 3.92. The molecule has 0 amide bonds. The average molecular weight is 206 g/mol. The molecule has 3 aliphatic rings. The molecule has 0 aromatic rings. The van der Waals surface area contributed by atoms with Gasteiger partial charge in [0.25, 0.3) is 0 Å². The Balaban J connectivity index is 1.52. The van der Waals surface area contributed by atoms with Crippen molar-refractivity contribution in [3.63, 3.8) is 0 Å². The van der Waals surface area contributed by atoms with E-state index < -0.39 is 0 Å². The molecule has 3 unspecified atom stereocenters. The zero-order chi connectivity index (χ0) is 10.3. The molecule has 3 rings (SSSR count). The maximum atomic E-state index is 5.62. The van der Waals surface area contributed by atoms with E-state index in [1.54, 1.807) is 0 Å². The predicted molar refractivity (Wildman–Crippen MR) is 61.6 cm³/mol. The van der Waals surface area contributed by atoms with E-state index in [-0.39, 0.29) is 0 Å². The molecule has 1 nitrogen and oxygen atoms in total. The first-order valence-electron chi connectivity index (χ1n) is 6.65. The first kappa shape index (κ1) is 9.89. The van der Waals surface area contributed by atoms with Gasteiger partial charge in [0, 0.05) is 0 Å². The largest absolute Gasteiger partial charge is 0.370 e. The molecule has 1 heteroatoms. The Morgan fingerprint density at radius 3 is 2.27 bits per heavy atom. The molecule has 2 saturated carbocycles.